The Labute approximate surface area is 166 Å². The second-order valence-corrected chi connectivity index (χ2v) is 11.6. The molecule has 2 aliphatic rings. The van der Waals surface area contributed by atoms with E-state index in [9.17, 15) is 16.8 Å². The molecule has 0 radical (unpaired) electrons. The van der Waals surface area contributed by atoms with E-state index in [2.05, 4.69) is 6.07 Å². The first kappa shape index (κ1) is 19.6. The number of rotatable bonds is 6. The highest BCUT2D eigenvalue weighted by atomic mass is 32.2. The monoisotopic (exact) mass is 420 g/mol. The zero-order valence-corrected chi connectivity index (χ0v) is 17.6. The molecule has 4 rings (SSSR count). The molecule has 6 nitrogen and oxygen atoms in total. The summed E-state index contributed by atoms with van der Waals surface area (Å²) >= 11 is 0. The number of hydrogen-bond donors (Lipinski definition) is 0. The van der Waals surface area contributed by atoms with Crippen LogP contribution in [0.5, 0.6) is 0 Å². The van der Waals surface area contributed by atoms with E-state index in [4.69, 9.17) is 0 Å². The lowest BCUT2D eigenvalue weighted by Gasteiger charge is -2.29. The molecule has 1 unspecified atom stereocenters. The van der Waals surface area contributed by atoms with Gasteiger partial charge in [0.15, 0.2) is 0 Å². The molecule has 0 heterocycles. The minimum atomic E-state index is -3.82. The highest BCUT2D eigenvalue weighted by Crippen LogP contribution is 2.45. The van der Waals surface area contributed by atoms with Crippen LogP contribution in [-0.4, -0.2) is 45.6 Å². The lowest BCUT2D eigenvalue weighted by Crippen LogP contribution is -2.36. The van der Waals surface area contributed by atoms with Crippen molar-refractivity contribution < 1.29 is 16.8 Å². The van der Waals surface area contributed by atoms with Crippen molar-refractivity contribution in [3.8, 4) is 0 Å². The van der Waals surface area contributed by atoms with Crippen molar-refractivity contribution in [3.05, 3.63) is 59.7 Å². The fourth-order valence-corrected chi connectivity index (χ4v) is 6.82. The van der Waals surface area contributed by atoms with E-state index in [-0.39, 0.29) is 21.9 Å². The van der Waals surface area contributed by atoms with Gasteiger partial charge in [0.2, 0.25) is 20.0 Å². The van der Waals surface area contributed by atoms with E-state index in [0.29, 0.717) is 0 Å². The first-order valence-electron chi connectivity index (χ1n) is 9.37. The number of sulfonamides is 2. The smallest absolute Gasteiger partial charge is 0.207 e. The summed E-state index contributed by atoms with van der Waals surface area (Å²) in [4.78, 5) is 0.0212. The quantitative estimate of drug-likeness (QED) is 0.720. The number of nitrogens with zero attached hydrogens (tertiary/aromatic N) is 2. The Bertz CT molecular complexity index is 1110. The molecule has 0 bridgehead atoms. The topological polar surface area (TPSA) is 74.8 Å². The van der Waals surface area contributed by atoms with Gasteiger partial charge in [-0.25, -0.2) is 21.1 Å². The Morgan fingerprint density at radius 1 is 0.821 bits per heavy atom. The predicted molar refractivity (Wildman–Crippen MR) is 107 cm³/mol. The van der Waals surface area contributed by atoms with Gasteiger partial charge in [0.25, 0.3) is 0 Å². The van der Waals surface area contributed by atoms with Gasteiger partial charge in [0.1, 0.15) is 0 Å². The van der Waals surface area contributed by atoms with Crippen LogP contribution < -0.4 is 0 Å². The summed E-state index contributed by atoms with van der Waals surface area (Å²) in [5.74, 6) is 0. The lowest BCUT2D eigenvalue weighted by molar-refractivity contribution is 0.314. The number of benzene rings is 2. The van der Waals surface area contributed by atoms with Crippen LogP contribution in [-0.2, 0) is 26.5 Å². The molecule has 0 N–H and O–H groups in total. The van der Waals surface area contributed by atoms with Crippen molar-refractivity contribution in [2.24, 2.45) is 0 Å². The molecule has 1 fully saturated rings. The van der Waals surface area contributed by atoms with E-state index >= 15 is 0 Å². The third-order valence-electron chi connectivity index (χ3n) is 5.47. The zero-order valence-electron chi connectivity index (χ0n) is 15.9. The van der Waals surface area contributed by atoms with Crippen LogP contribution >= 0.6 is 0 Å². The van der Waals surface area contributed by atoms with E-state index in [1.165, 1.54) is 43.9 Å². The molecule has 2 aromatic rings. The zero-order chi connectivity index (χ0) is 20.1. The van der Waals surface area contributed by atoms with Gasteiger partial charge in [-0.15, -0.1) is 0 Å². The summed E-state index contributed by atoms with van der Waals surface area (Å²) in [6.45, 7) is 0. The second-order valence-electron chi connectivity index (χ2n) is 7.58. The maximum absolute atomic E-state index is 13.6. The third kappa shape index (κ3) is 3.28. The number of fused-ring (bicyclic) bond motifs is 1. The molecular weight excluding hydrogens is 396 g/mol. The van der Waals surface area contributed by atoms with Gasteiger partial charge < -0.3 is 0 Å². The highest BCUT2D eigenvalue weighted by Gasteiger charge is 2.45. The summed E-state index contributed by atoms with van der Waals surface area (Å²) < 4.78 is 54.8. The van der Waals surface area contributed by atoms with Gasteiger partial charge in [0, 0.05) is 20.1 Å². The van der Waals surface area contributed by atoms with E-state index in [1.54, 1.807) is 4.31 Å². The summed E-state index contributed by atoms with van der Waals surface area (Å²) in [5.41, 5.74) is 2.26. The summed E-state index contributed by atoms with van der Waals surface area (Å²) in [5, 5.41) is 0. The van der Waals surface area contributed by atoms with Crippen LogP contribution in [0.4, 0.5) is 0 Å². The van der Waals surface area contributed by atoms with Crippen LogP contribution in [0, 0.1) is 0 Å². The fraction of sp³-hybridized carbons (Fsp3) is 0.400. The third-order valence-corrected chi connectivity index (χ3v) is 9.24. The fourth-order valence-electron chi connectivity index (χ4n) is 3.87. The molecule has 8 heteroatoms. The van der Waals surface area contributed by atoms with Gasteiger partial charge >= 0.3 is 0 Å². The summed E-state index contributed by atoms with van der Waals surface area (Å²) in [7, 11) is -4.66. The Morgan fingerprint density at radius 3 is 2.11 bits per heavy atom. The maximum Gasteiger partial charge on any atom is 0.243 e. The molecule has 0 aliphatic heterocycles. The van der Waals surface area contributed by atoms with Crippen LogP contribution in [0.1, 0.15) is 36.4 Å². The van der Waals surface area contributed by atoms with Crippen LogP contribution in [0.25, 0.3) is 0 Å². The van der Waals surface area contributed by atoms with Gasteiger partial charge in [0.05, 0.1) is 15.8 Å². The molecule has 2 aliphatic carbocycles. The van der Waals surface area contributed by atoms with E-state index in [1.807, 2.05) is 18.2 Å². The van der Waals surface area contributed by atoms with Crippen molar-refractivity contribution in [1.82, 2.24) is 8.61 Å². The van der Waals surface area contributed by atoms with Crippen LogP contribution in [0.2, 0.25) is 0 Å². The standard InChI is InChI=1S/C20H24N2O4S2/c1-21(2)27(23,24)17-7-5-8-18(14-17)28(25,26)22(16-11-12-16)20-13-10-15-6-3-4-9-19(15)20/h3-9,14,16,20H,10-13H2,1-2H3. The Balaban J connectivity index is 1.77. The average Bonchev–Trinajstić information content (AvgIpc) is 3.41. The predicted octanol–water partition coefficient (Wildman–Crippen LogP) is 2.78. The molecule has 1 saturated carbocycles. The Hall–Kier alpha value is -1.74. The Morgan fingerprint density at radius 2 is 1.46 bits per heavy atom. The molecule has 0 aromatic heterocycles. The van der Waals surface area contributed by atoms with Crippen molar-refractivity contribution in [2.75, 3.05) is 14.1 Å². The minimum absolute atomic E-state index is 0.0128. The molecule has 1 atom stereocenters. The average molecular weight is 421 g/mol. The molecule has 2 aromatic carbocycles. The second kappa shape index (κ2) is 6.95. The SMILES string of the molecule is CN(C)S(=O)(=O)c1cccc(S(=O)(=O)N(C2CC2)C2CCc3ccccc32)c1. The molecule has 0 amide bonds. The van der Waals surface area contributed by atoms with E-state index in [0.717, 1.165) is 35.6 Å². The van der Waals surface area contributed by atoms with Crippen molar-refractivity contribution in [2.45, 2.75) is 47.6 Å². The molecule has 150 valence electrons. The first-order valence-corrected chi connectivity index (χ1v) is 12.2. The van der Waals surface area contributed by atoms with E-state index < -0.39 is 20.0 Å². The van der Waals surface area contributed by atoms with Crippen molar-refractivity contribution in [3.63, 3.8) is 0 Å². The highest BCUT2D eigenvalue weighted by molar-refractivity contribution is 7.90. The first-order chi connectivity index (χ1) is 13.2. The van der Waals surface area contributed by atoms with Gasteiger partial charge in [-0.3, -0.25) is 0 Å². The van der Waals surface area contributed by atoms with Crippen molar-refractivity contribution in [1.29, 1.82) is 0 Å². The van der Waals surface area contributed by atoms with Gasteiger partial charge in [-0.2, -0.15) is 4.31 Å². The normalized spacial score (nSPS) is 19.9. The molecule has 0 spiro atoms. The van der Waals surface area contributed by atoms with Crippen LogP contribution in [0.15, 0.2) is 58.3 Å². The molecular formula is C20H24N2O4S2. The van der Waals surface area contributed by atoms with Crippen molar-refractivity contribution >= 4 is 20.0 Å². The number of hydrogen-bond acceptors (Lipinski definition) is 4. The molecule has 28 heavy (non-hydrogen) atoms. The maximum atomic E-state index is 13.6. The molecule has 0 saturated heterocycles. The Kier molecular flexibility index (Phi) is 4.86. The summed E-state index contributed by atoms with van der Waals surface area (Å²) in [6.07, 6.45) is 3.29. The summed E-state index contributed by atoms with van der Waals surface area (Å²) in [6, 6.07) is 13.5. The largest absolute Gasteiger partial charge is 0.243 e. The lowest BCUT2D eigenvalue weighted by atomic mass is 10.1. The number of aryl methyl sites for hydroxylation is 1. The van der Waals surface area contributed by atoms with Crippen LogP contribution in [0.3, 0.4) is 0 Å². The van der Waals surface area contributed by atoms with Gasteiger partial charge in [-0.1, -0.05) is 30.3 Å². The van der Waals surface area contributed by atoms with Gasteiger partial charge in [-0.05, 0) is 55.0 Å². The minimum Gasteiger partial charge on any atom is -0.207 e.